The minimum Gasteiger partial charge on any atom is -0.481 e. The lowest BCUT2D eigenvalue weighted by molar-refractivity contribution is -0.139. The molecular weight excluding hydrogens is 220 g/mol. The molecule has 0 unspecified atom stereocenters. The van der Waals surface area contributed by atoms with E-state index < -0.39 is 12.1 Å². The molecule has 5 nitrogen and oxygen atoms in total. The van der Waals surface area contributed by atoms with Crippen LogP contribution in [-0.4, -0.2) is 26.0 Å². The van der Waals surface area contributed by atoms with Gasteiger partial charge in [-0.3, -0.25) is 4.79 Å². The van der Waals surface area contributed by atoms with Gasteiger partial charge >= 0.3 is 5.97 Å². The molecule has 88 valence electrons. The first-order valence-corrected chi connectivity index (χ1v) is 5.16. The highest BCUT2D eigenvalue weighted by atomic mass is 16.4. The number of aliphatic carboxylic acids is 1. The van der Waals surface area contributed by atoms with Gasteiger partial charge in [-0.05, 0) is 23.8 Å². The number of aliphatic hydroxyl groups is 1. The van der Waals surface area contributed by atoms with Gasteiger partial charge < -0.3 is 10.2 Å². The molecule has 0 fully saturated rings. The molecule has 0 spiro atoms. The van der Waals surface area contributed by atoms with E-state index in [0.29, 0.717) is 5.56 Å². The van der Waals surface area contributed by atoms with Crippen molar-refractivity contribution in [3.8, 4) is 5.69 Å². The molecule has 0 aliphatic heterocycles. The van der Waals surface area contributed by atoms with Gasteiger partial charge in [0, 0.05) is 12.4 Å². The molecule has 0 saturated heterocycles. The van der Waals surface area contributed by atoms with Crippen LogP contribution in [0, 0.1) is 0 Å². The van der Waals surface area contributed by atoms with E-state index in [2.05, 4.69) is 5.10 Å². The van der Waals surface area contributed by atoms with Crippen LogP contribution in [0.2, 0.25) is 0 Å². The lowest BCUT2D eigenvalue weighted by atomic mass is 10.1. The molecule has 17 heavy (non-hydrogen) atoms. The van der Waals surface area contributed by atoms with Gasteiger partial charge in [0.05, 0.1) is 18.2 Å². The summed E-state index contributed by atoms with van der Waals surface area (Å²) < 4.78 is 1.69. The minimum absolute atomic E-state index is 0.291. The SMILES string of the molecule is O=C(O)C[C@H](O)c1ccc(-n2cccn2)cc1. The number of aliphatic hydroxyl groups excluding tert-OH is 1. The van der Waals surface area contributed by atoms with Crippen LogP contribution in [0.1, 0.15) is 18.1 Å². The molecule has 1 atom stereocenters. The smallest absolute Gasteiger partial charge is 0.306 e. The number of rotatable bonds is 4. The Balaban J connectivity index is 2.15. The Hall–Kier alpha value is -2.14. The Kier molecular flexibility index (Phi) is 3.20. The van der Waals surface area contributed by atoms with Crippen molar-refractivity contribution in [1.82, 2.24) is 9.78 Å². The fourth-order valence-electron chi connectivity index (χ4n) is 1.55. The molecular formula is C12H12N2O3. The number of benzene rings is 1. The number of carbonyl (C=O) groups is 1. The van der Waals surface area contributed by atoms with E-state index in [0.717, 1.165) is 5.69 Å². The normalized spacial score (nSPS) is 12.3. The monoisotopic (exact) mass is 232 g/mol. The molecule has 0 bridgehead atoms. The van der Waals surface area contributed by atoms with Gasteiger partial charge in [0.2, 0.25) is 0 Å². The molecule has 1 aromatic heterocycles. The van der Waals surface area contributed by atoms with Gasteiger partial charge in [-0.25, -0.2) is 4.68 Å². The quantitative estimate of drug-likeness (QED) is 0.835. The molecule has 0 amide bonds. The molecule has 0 radical (unpaired) electrons. The number of carboxylic acids is 1. The van der Waals surface area contributed by atoms with Crippen molar-refractivity contribution in [3.05, 3.63) is 48.3 Å². The second-order valence-electron chi connectivity index (χ2n) is 3.66. The maximum Gasteiger partial charge on any atom is 0.306 e. The molecule has 0 saturated carbocycles. The number of carboxylic acid groups (broad SMARTS) is 1. The van der Waals surface area contributed by atoms with E-state index >= 15 is 0 Å². The van der Waals surface area contributed by atoms with Crippen molar-refractivity contribution in [1.29, 1.82) is 0 Å². The van der Waals surface area contributed by atoms with Crippen molar-refractivity contribution < 1.29 is 15.0 Å². The first-order valence-electron chi connectivity index (χ1n) is 5.16. The van der Waals surface area contributed by atoms with Crippen LogP contribution in [0.5, 0.6) is 0 Å². The first kappa shape index (κ1) is 11.3. The summed E-state index contributed by atoms with van der Waals surface area (Å²) >= 11 is 0. The standard InChI is InChI=1S/C12H12N2O3/c15-11(8-12(16)17)9-2-4-10(5-3-9)14-7-1-6-13-14/h1-7,11,15H,8H2,(H,16,17)/t11-/m0/s1. The summed E-state index contributed by atoms with van der Waals surface area (Å²) in [4.78, 5) is 10.5. The Morgan fingerprint density at radius 3 is 2.59 bits per heavy atom. The van der Waals surface area contributed by atoms with Crippen LogP contribution in [0.4, 0.5) is 0 Å². The van der Waals surface area contributed by atoms with Crippen molar-refractivity contribution in [3.63, 3.8) is 0 Å². The summed E-state index contributed by atoms with van der Waals surface area (Å²) in [6.07, 6.45) is 2.22. The molecule has 2 N–H and O–H groups in total. The number of hydrogen-bond donors (Lipinski definition) is 2. The van der Waals surface area contributed by atoms with Gasteiger partial charge in [0.1, 0.15) is 0 Å². The average Bonchev–Trinajstić information content (AvgIpc) is 2.82. The van der Waals surface area contributed by atoms with Crippen molar-refractivity contribution in [2.75, 3.05) is 0 Å². The van der Waals surface area contributed by atoms with E-state index in [1.807, 2.05) is 12.3 Å². The maximum atomic E-state index is 10.5. The number of aromatic nitrogens is 2. The summed E-state index contributed by atoms with van der Waals surface area (Å²) in [6.45, 7) is 0. The summed E-state index contributed by atoms with van der Waals surface area (Å²) in [5.74, 6) is -1.02. The molecule has 5 heteroatoms. The van der Waals surface area contributed by atoms with E-state index in [9.17, 15) is 9.90 Å². The molecule has 1 aromatic carbocycles. The fourth-order valence-corrected chi connectivity index (χ4v) is 1.55. The second-order valence-corrected chi connectivity index (χ2v) is 3.66. The summed E-state index contributed by atoms with van der Waals surface area (Å²) in [5, 5.41) is 22.3. The Bertz CT molecular complexity index is 491. The first-order chi connectivity index (χ1) is 8.16. The minimum atomic E-state index is -1.02. The molecule has 2 rings (SSSR count). The molecule has 0 aliphatic rings. The number of nitrogens with zero attached hydrogens (tertiary/aromatic N) is 2. The van der Waals surface area contributed by atoms with Crippen LogP contribution in [0.25, 0.3) is 5.69 Å². The highest BCUT2D eigenvalue weighted by molar-refractivity contribution is 5.67. The van der Waals surface area contributed by atoms with Gasteiger partial charge in [-0.1, -0.05) is 12.1 Å². The van der Waals surface area contributed by atoms with Crippen molar-refractivity contribution in [2.45, 2.75) is 12.5 Å². The fraction of sp³-hybridized carbons (Fsp3) is 0.167. The van der Waals surface area contributed by atoms with E-state index in [1.165, 1.54) is 0 Å². The third kappa shape index (κ3) is 2.70. The largest absolute Gasteiger partial charge is 0.481 e. The topological polar surface area (TPSA) is 75.3 Å². The van der Waals surface area contributed by atoms with Crippen LogP contribution in [0.15, 0.2) is 42.7 Å². The summed E-state index contributed by atoms with van der Waals surface area (Å²) in [6, 6.07) is 8.78. The zero-order valence-electron chi connectivity index (χ0n) is 9.02. The second kappa shape index (κ2) is 4.80. The molecule has 0 aliphatic carbocycles. The van der Waals surface area contributed by atoms with E-state index in [-0.39, 0.29) is 6.42 Å². The maximum absolute atomic E-state index is 10.5. The average molecular weight is 232 g/mol. The lowest BCUT2D eigenvalue weighted by Crippen LogP contribution is -2.05. The van der Waals surface area contributed by atoms with Crippen LogP contribution in [-0.2, 0) is 4.79 Å². The van der Waals surface area contributed by atoms with Gasteiger partial charge in [0.25, 0.3) is 0 Å². The zero-order chi connectivity index (χ0) is 12.3. The van der Waals surface area contributed by atoms with Gasteiger partial charge in [0.15, 0.2) is 0 Å². The Morgan fingerprint density at radius 1 is 1.35 bits per heavy atom. The molecule has 2 aromatic rings. The molecule has 1 heterocycles. The van der Waals surface area contributed by atoms with E-state index in [1.54, 1.807) is 35.1 Å². The van der Waals surface area contributed by atoms with Gasteiger partial charge in [-0.15, -0.1) is 0 Å². The predicted molar refractivity (Wildman–Crippen MR) is 60.8 cm³/mol. The van der Waals surface area contributed by atoms with Crippen molar-refractivity contribution in [2.24, 2.45) is 0 Å². The van der Waals surface area contributed by atoms with Crippen LogP contribution in [0.3, 0.4) is 0 Å². The summed E-state index contributed by atoms with van der Waals surface area (Å²) in [5.41, 5.74) is 1.45. The third-order valence-corrected chi connectivity index (χ3v) is 2.41. The predicted octanol–water partition coefficient (Wildman–Crippen LogP) is 1.38. The Labute approximate surface area is 97.9 Å². The van der Waals surface area contributed by atoms with Crippen LogP contribution < -0.4 is 0 Å². The lowest BCUT2D eigenvalue weighted by Gasteiger charge is -2.09. The number of hydrogen-bond acceptors (Lipinski definition) is 3. The van der Waals surface area contributed by atoms with E-state index in [4.69, 9.17) is 5.11 Å². The highest BCUT2D eigenvalue weighted by Crippen LogP contribution is 2.18. The highest BCUT2D eigenvalue weighted by Gasteiger charge is 2.11. The van der Waals surface area contributed by atoms with Crippen LogP contribution >= 0.6 is 0 Å². The zero-order valence-corrected chi connectivity index (χ0v) is 9.02. The summed E-state index contributed by atoms with van der Waals surface area (Å²) in [7, 11) is 0. The van der Waals surface area contributed by atoms with Gasteiger partial charge in [-0.2, -0.15) is 5.10 Å². The Morgan fingerprint density at radius 2 is 2.06 bits per heavy atom. The van der Waals surface area contributed by atoms with Crippen molar-refractivity contribution >= 4 is 5.97 Å². The third-order valence-electron chi connectivity index (χ3n) is 2.41.